The van der Waals surface area contributed by atoms with Gasteiger partial charge in [-0.25, -0.2) is 0 Å². The molecule has 0 bridgehead atoms. The second kappa shape index (κ2) is 5.95. The molecule has 2 rings (SSSR count). The Morgan fingerprint density at radius 1 is 1.50 bits per heavy atom. The second-order valence-electron chi connectivity index (χ2n) is 3.94. The Hall–Kier alpha value is -1.43. The van der Waals surface area contributed by atoms with Crippen LogP contribution in [-0.2, 0) is 9.53 Å². The molecule has 96 valence electrons. The van der Waals surface area contributed by atoms with Crippen LogP contribution in [0.3, 0.4) is 0 Å². The predicted octanol–water partition coefficient (Wildman–Crippen LogP) is 1.70. The summed E-state index contributed by atoms with van der Waals surface area (Å²) in [6, 6.07) is 7.89. The van der Waals surface area contributed by atoms with Crippen molar-refractivity contribution >= 4 is 27.3 Å². The van der Waals surface area contributed by atoms with Crippen LogP contribution in [0.5, 0.6) is 0 Å². The summed E-state index contributed by atoms with van der Waals surface area (Å²) in [6.07, 6.45) is -0.693. The lowest BCUT2D eigenvalue weighted by Gasteiger charge is -2.11. The molecule has 0 radical (unpaired) electrons. The molecule has 1 atom stereocenters. The van der Waals surface area contributed by atoms with Crippen LogP contribution in [0.25, 0.3) is 10.1 Å². The predicted molar refractivity (Wildman–Crippen MR) is 71.7 cm³/mol. The molecular weight excluding hydrogens is 250 g/mol. The van der Waals surface area contributed by atoms with Crippen LogP contribution in [0, 0.1) is 0 Å². The zero-order valence-corrected chi connectivity index (χ0v) is 10.9. The Bertz CT molecular complexity index is 538. The SMILES string of the molecule is COCC(=O)NC[C@@H](O)c1csc2ccccc12. The van der Waals surface area contributed by atoms with Crippen LogP contribution in [-0.4, -0.2) is 31.3 Å². The maximum absolute atomic E-state index is 11.2. The van der Waals surface area contributed by atoms with Crippen molar-refractivity contribution in [3.05, 3.63) is 35.2 Å². The number of methoxy groups -OCH3 is 1. The Labute approximate surface area is 109 Å². The van der Waals surface area contributed by atoms with E-state index in [-0.39, 0.29) is 19.1 Å². The monoisotopic (exact) mass is 265 g/mol. The average Bonchev–Trinajstić information content (AvgIpc) is 2.80. The quantitative estimate of drug-likeness (QED) is 0.865. The Balaban J connectivity index is 2.05. The molecule has 1 aromatic carbocycles. The summed E-state index contributed by atoms with van der Waals surface area (Å²) >= 11 is 1.59. The van der Waals surface area contributed by atoms with E-state index in [0.717, 1.165) is 15.6 Å². The average molecular weight is 265 g/mol. The lowest BCUT2D eigenvalue weighted by atomic mass is 10.1. The van der Waals surface area contributed by atoms with Crippen molar-refractivity contribution in [1.82, 2.24) is 5.32 Å². The number of amides is 1. The second-order valence-corrected chi connectivity index (χ2v) is 4.85. The number of nitrogens with one attached hydrogen (secondary N) is 1. The van der Waals surface area contributed by atoms with E-state index in [1.807, 2.05) is 29.6 Å². The number of rotatable bonds is 5. The molecule has 1 amide bonds. The number of thiophene rings is 1. The number of ether oxygens (including phenoxy) is 1. The molecule has 0 aliphatic heterocycles. The maximum Gasteiger partial charge on any atom is 0.246 e. The first-order valence-corrected chi connectivity index (χ1v) is 6.50. The molecule has 0 aliphatic carbocycles. The highest BCUT2D eigenvalue weighted by Crippen LogP contribution is 2.29. The maximum atomic E-state index is 11.2. The molecule has 1 aromatic heterocycles. The van der Waals surface area contributed by atoms with Gasteiger partial charge in [-0.15, -0.1) is 11.3 Å². The van der Waals surface area contributed by atoms with Gasteiger partial charge in [-0.3, -0.25) is 4.79 Å². The number of hydrogen-bond donors (Lipinski definition) is 2. The van der Waals surface area contributed by atoms with Gasteiger partial charge in [0.2, 0.25) is 5.91 Å². The number of aliphatic hydroxyl groups excluding tert-OH is 1. The molecule has 2 aromatic rings. The molecule has 0 spiro atoms. The van der Waals surface area contributed by atoms with Crippen molar-refractivity contribution in [3.63, 3.8) is 0 Å². The fourth-order valence-electron chi connectivity index (χ4n) is 1.76. The Morgan fingerprint density at radius 2 is 2.28 bits per heavy atom. The normalized spacial score (nSPS) is 12.6. The van der Waals surface area contributed by atoms with Crippen LogP contribution in [0.15, 0.2) is 29.6 Å². The first-order chi connectivity index (χ1) is 8.72. The zero-order chi connectivity index (χ0) is 13.0. The number of carbonyl (C=O) groups excluding carboxylic acids is 1. The lowest BCUT2D eigenvalue weighted by molar-refractivity contribution is -0.125. The van der Waals surface area contributed by atoms with E-state index in [4.69, 9.17) is 4.74 Å². The Kier molecular flexibility index (Phi) is 4.30. The van der Waals surface area contributed by atoms with E-state index in [1.54, 1.807) is 11.3 Å². The van der Waals surface area contributed by atoms with Crippen LogP contribution in [0.1, 0.15) is 11.7 Å². The van der Waals surface area contributed by atoms with Crippen molar-refractivity contribution in [1.29, 1.82) is 0 Å². The van der Waals surface area contributed by atoms with Gasteiger partial charge >= 0.3 is 0 Å². The zero-order valence-electron chi connectivity index (χ0n) is 10.1. The third-order valence-corrected chi connectivity index (χ3v) is 3.62. The number of aliphatic hydroxyl groups is 1. The summed E-state index contributed by atoms with van der Waals surface area (Å²) in [5.41, 5.74) is 0.855. The first-order valence-electron chi connectivity index (χ1n) is 5.62. The van der Waals surface area contributed by atoms with Gasteiger partial charge in [0.1, 0.15) is 6.61 Å². The number of fused-ring (bicyclic) bond motifs is 1. The third kappa shape index (κ3) is 2.87. The number of benzene rings is 1. The molecule has 0 aliphatic rings. The van der Waals surface area contributed by atoms with Gasteiger partial charge in [-0.1, -0.05) is 18.2 Å². The Morgan fingerprint density at radius 3 is 3.06 bits per heavy atom. The van der Waals surface area contributed by atoms with E-state index in [2.05, 4.69) is 5.32 Å². The molecular formula is C13H15NO3S. The highest BCUT2D eigenvalue weighted by Gasteiger charge is 2.13. The smallest absolute Gasteiger partial charge is 0.246 e. The van der Waals surface area contributed by atoms with Gasteiger partial charge in [0.05, 0.1) is 6.10 Å². The summed E-state index contributed by atoms with van der Waals surface area (Å²) in [7, 11) is 1.46. The summed E-state index contributed by atoms with van der Waals surface area (Å²) in [5, 5.41) is 15.7. The van der Waals surface area contributed by atoms with Gasteiger partial charge in [-0.05, 0) is 16.8 Å². The lowest BCUT2D eigenvalue weighted by Crippen LogP contribution is -2.31. The highest BCUT2D eigenvalue weighted by atomic mass is 32.1. The molecule has 1 heterocycles. The molecule has 0 unspecified atom stereocenters. The van der Waals surface area contributed by atoms with Crippen LogP contribution in [0.4, 0.5) is 0 Å². The minimum atomic E-state index is -0.693. The van der Waals surface area contributed by atoms with Gasteiger partial charge < -0.3 is 15.2 Å². The van der Waals surface area contributed by atoms with Crippen molar-refractivity contribution < 1.29 is 14.6 Å². The molecule has 4 nitrogen and oxygen atoms in total. The van der Waals surface area contributed by atoms with Crippen molar-refractivity contribution in [2.45, 2.75) is 6.10 Å². The summed E-state index contributed by atoms with van der Waals surface area (Å²) in [4.78, 5) is 11.2. The topological polar surface area (TPSA) is 58.6 Å². The van der Waals surface area contributed by atoms with Crippen molar-refractivity contribution in [2.75, 3.05) is 20.3 Å². The van der Waals surface area contributed by atoms with Gasteiger partial charge in [0.15, 0.2) is 0 Å². The highest BCUT2D eigenvalue weighted by molar-refractivity contribution is 7.17. The standard InChI is InChI=1S/C13H15NO3S/c1-17-7-13(16)14-6-11(15)10-8-18-12-5-3-2-4-9(10)12/h2-5,8,11,15H,6-7H2,1H3,(H,14,16)/t11-/m1/s1. The molecule has 18 heavy (non-hydrogen) atoms. The van der Waals surface area contributed by atoms with E-state index in [0.29, 0.717) is 0 Å². The molecule has 0 saturated carbocycles. The van der Waals surface area contributed by atoms with E-state index < -0.39 is 6.10 Å². The van der Waals surface area contributed by atoms with E-state index in [9.17, 15) is 9.90 Å². The molecule has 5 heteroatoms. The van der Waals surface area contributed by atoms with Crippen LogP contribution < -0.4 is 5.32 Å². The minimum absolute atomic E-state index is 0.0110. The van der Waals surface area contributed by atoms with Crippen LogP contribution >= 0.6 is 11.3 Å². The fourth-order valence-corrected chi connectivity index (χ4v) is 2.77. The summed E-state index contributed by atoms with van der Waals surface area (Å²) in [5.74, 6) is -0.226. The largest absolute Gasteiger partial charge is 0.387 e. The number of hydrogen-bond acceptors (Lipinski definition) is 4. The van der Waals surface area contributed by atoms with Crippen molar-refractivity contribution in [2.24, 2.45) is 0 Å². The third-order valence-electron chi connectivity index (χ3n) is 2.64. The minimum Gasteiger partial charge on any atom is -0.387 e. The first kappa shape index (κ1) is 13.0. The van der Waals surface area contributed by atoms with Crippen molar-refractivity contribution in [3.8, 4) is 0 Å². The van der Waals surface area contributed by atoms with Crippen LogP contribution in [0.2, 0.25) is 0 Å². The molecule has 2 N–H and O–H groups in total. The summed E-state index contributed by atoms with van der Waals surface area (Å²) in [6.45, 7) is 0.208. The van der Waals surface area contributed by atoms with Gasteiger partial charge in [-0.2, -0.15) is 0 Å². The van der Waals surface area contributed by atoms with E-state index >= 15 is 0 Å². The van der Waals surface area contributed by atoms with Gasteiger partial charge in [0, 0.05) is 23.9 Å². The summed E-state index contributed by atoms with van der Waals surface area (Å²) < 4.78 is 5.84. The fraction of sp³-hybridized carbons (Fsp3) is 0.308. The molecule has 0 fully saturated rings. The number of carbonyl (C=O) groups is 1. The molecule has 0 saturated heterocycles. The van der Waals surface area contributed by atoms with Gasteiger partial charge in [0.25, 0.3) is 0 Å². The van der Waals surface area contributed by atoms with E-state index in [1.165, 1.54) is 7.11 Å².